The van der Waals surface area contributed by atoms with Crippen molar-refractivity contribution in [2.75, 3.05) is 18.5 Å². The Morgan fingerprint density at radius 3 is 2.46 bits per heavy atom. The molecule has 2 aromatic carbocycles. The summed E-state index contributed by atoms with van der Waals surface area (Å²) in [6.07, 6.45) is 0.186. The Labute approximate surface area is 167 Å². The number of rotatable bonds is 6. The van der Waals surface area contributed by atoms with Crippen LogP contribution >= 0.6 is 0 Å². The molecule has 1 N–H and O–H groups in total. The summed E-state index contributed by atoms with van der Waals surface area (Å²) >= 11 is 0. The Morgan fingerprint density at radius 2 is 1.86 bits per heavy atom. The van der Waals surface area contributed by atoms with Gasteiger partial charge in [0.05, 0.1) is 12.3 Å². The Balaban J connectivity index is 2.23. The third-order valence-corrected chi connectivity index (χ3v) is 5.35. The molecule has 1 unspecified atom stereocenters. The van der Waals surface area contributed by atoms with Crippen LogP contribution in [0, 0.1) is 34.6 Å². The number of ether oxygens (including phenoxy) is 2. The summed E-state index contributed by atoms with van der Waals surface area (Å²) in [5.74, 6) is 0.700. The van der Waals surface area contributed by atoms with Gasteiger partial charge in [-0.2, -0.15) is 0 Å². The summed E-state index contributed by atoms with van der Waals surface area (Å²) in [5, 5.41) is 3.09. The van der Waals surface area contributed by atoms with E-state index in [1.807, 2.05) is 13.8 Å². The molecule has 0 aliphatic carbocycles. The van der Waals surface area contributed by atoms with E-state index in [-0.39, 0.29) is 12.0 Å². The molecule has 1 saturated heterocycles. The zero-order valence-corrected chi connectivity index (χ0v) is 17.7. The zero-order chi connectivity index (χ0) is 20.6. The Morgan fingerprint density at radius 1 is 1.18 bits per heavy atom. The van der Waals surface area contributed by atoms with Gasteiger partial charge in [0.2, 0.25) is 0 Å². The monoisotopic (exact) mass is 379 g/mol. The van der Waals surface area contributed by atoms with Gasteiger partial charge in [-0.15, -0.1) is 0 Å². The van der Waals surface area contributed by atoms with Crippen molar-refractivity contribution < 1.29 is 14.3 Å². The number of epoxide rings is 1. The van der Waals surface area contributed by atoms with Gasteiger partial charge < -0.3 is 14.8 Å². The first kappa shape index (κ1) is 20.2. The van der Waals surface area contributed by atoms with Gasteiger partial charge in [0, 0.05) is 16.7 Å². The van der Waals surface area contributed by atoms with Gasteiger partial charge in [-0.25, -0.2) is 0 Å². The van der Waals surface area contributed by atoms with E-state index >= 15 is 0 Å². The van der Waals surface area contributed by atoms with Crippen LogP contribution in [0.2, 0.25) is 0 Å². The first-order chi connectivity index (χ1) is 13.2. The highest BCUT2D eigenvalue weighted by atomic mass is 16.6. The Hall–Kier alpha value is -2.59. The lowest BCUT2D eigenvalue weighted by molar-refractivity contribution is -0.112. The minimum Gasteiger partial charge on any atom is -0.490 e. The number of carbonyl (C=O) groups excluding carboxylic acids is 1. The second-order valence-electron chi connectivity index (χ2n) is 7.77. The van der Waals surface area contributed by atoms with E-state index < -0.39 is 0 Å². The first-order valence-electron chi connectivity index (χ1n) is 9.63. The standard InChI is InChI=1S/C24H29NO3/c1-13(2)24(26)25-22-16(5)17(6)23(28-12-19-11-27-19)18(7)21(22)20-10-14(3)8-9-15(20)4/h8-10,19H,1,11-12H2,2-7H3,(H,25,26). The van der Waals surface area contributed by atoms with Gasteiger partial charge in [0.25, 0.3) is 5.91 Å². The highest BCUT2D eigenvalue weighted by Crippen LogP contribution is 2.43. The van der Waals surface area contributed by atoms with Crippen LogP contribution < -0.4 is 10.1 Å². The quantitative estimate of drug-likeness (QED) is 0.555. The molecule has 4 nitrogen and oxygen atoms in total. The molecular weight excluding hydrogens is 350 g/mol. The maximum atomic E-state index is 12.5. The van der Waals surface area contributed by atoms with Crippen LogP contribution in [-0.4, -0.2) is 25.2 Å². The van der Waals surface area contributed by atoms with Crippen molar-refractivity contribution in [2.24, 2.45) is 0 Å². The molecule has 0 spiro atoms. The van der Waals surface area contributed by atoms with Crippen molar-refractivity contribution in [3.05, 3.63) is 58.2 Å². The minimum absolute atomic E-state index is 0.173. The maximum Gasteiger partial charge on any atom is 0.250 e. The molecule has 1 amide bonds. The van der Waals surface area contributed by atoms with Crippen molar-refractivity contribution in [3.8, 4) is 16.9 Å². The fourth-order valence-corrected chi connectivity index (χ4v) is 3.40. The van der Waals surface area contributed by atoms with Crippen molar-refractivity contribution in [1.82, 2.24) is 0 Å². The third-order valence-electron chi connectivity index (χ3n) is 5.35. The summed E-state index contributed by atoms with van der Waals surface area (Å²) in [5.41, 5.74) is 8.79. The lowest BCUT2D eigenvalue weighted by atomic mass is 9.88. The van der Waals surface area contributed by atoms with Crippen molar-refractivity contribution in [2.45, 2.75) is 47.6 Å². The zero-order valence-electron chi connectivity index (χ0n) is 17.7. The number of nitrogens with one attached hydrogen (secondary N) is 1. The molecule has 0 bridgehead atoms. The van der Waals surface area contributed by atoms with Crippen LogP contribution in [0.1, 0.15) is 34.7 Å². The topological polar surface area (TPSA) is 50.9 Å². The Kier molecular flexibility index (Phi) is 5.61. The van der Waals surface area contributed by atoms with E-state index in [4.69, 9.17) is 9.47 Å². The van der Waals surface area contributed by atoms with Gasteiger partial charge in [-0.05, 0) is 63.8 Å². The summed E-state index contributed by atoms with van der Waals surface area (Å²) in [6, 6.07) is 6.38. The SMILES string of the molecule is C=C(C)C(=O)Nc1c(C)c(C)c(OCC2CO2)c(C)c1-c1cc(C)ccc1C. The van der Waals surface area contributed by atoms with Crippen molar-refractivity contribution in [3.63, 3.8) is 0 Å². The van der Waals surface area contributed by atoms with Crippen LogP contribution in [-0.2, 0) is 9.53 Å². The number of benzene rings is 2. The number of aryl methyl sites for hydroxylation is 2. The normalized spacial score (nSPS) is 15.3. The van der Waals surface area contributed by atoms with Gasteiger partial charge in [-0.3, -0.25) is 4.79 Å². The molecule has 148 valence electrons. The molecule has 0 aromatic heterocycles. The second-order valence-corrected chi connectivity index (χ2v) is 7.77. The van der Waals surface area contributed by atoms with Crippen LogP contribution in [0.25, 0.3) is 11.1 Å². The highest BCUT2D eigenvalue weighted by molar-refractivity contribution is 6.06. The first-order valence-corrected chi connectivity index (χ1v) is 9.63. The average Bonchev–Trinajstić information content (AvgIpc) is 3.46. The molecule has 1 fully saturated rings. The molecule has 1 aliphatic heterocycles. The molecule has 0 radical (unpaired) electrons. The molecule has 0 saturated carbocycles. The van der Waals surface area contributed by atoms with E-state index in [1.54, 1.807) is 6.92 Å². The lowest BCUT2D eigenvalue weighted by Gasteiger charge is -2.24. The number of hydrogen-bond donors (Lipinski definition) is 1. The van der Waals surface area contributed by atoms with E-state index in [9.17, 15) is 4.79 Å². The molecule has 1 heterocycles. The largest absolute Gasteiger partial charge is 0.490 e. The summed E-state index contributed by atoms with van der Waals surface area (Å²) in [6.45, 7) is 17.1. The minimum atomic E-state index is -0.173. The predicted molar refractivity (Wildman–Crippen MR) is 114 cm³/mol. The summed E-state index contributed by atoms with van der Waals surface area (Å²) < 4.78 is 11.5. The van der Waals surface area contributed by atoms with Crippen LogP contribution in [0.5, 0.6) is 5.75 Å². The maximum absolute atomic E-state index is 12.5. The predicted octanol–water partition coefficient (Wildman–Crippen LogP) is 5.19. The molecule has 1 atom stereocenters. The van der Waals surface area contributed by atoms with Crippen molar-refractivity contribution in [1.29, 1.82) is 0 Å². The third kappa shape index (κ3) is 3.97. The van der Waals surface area contributed by atoms with E-state index in [1.165, 1.54) is 5.56 Å². The number of carbonyl (C=O) groups is 1. The highest BCUT2D eigenvalue weighted by Gasteiger charge is 2.26. The number of hydrogen-bond acceptors (Lipinski definition) is 3. The van der Waals surface area contributed by atoms with Crippen LogP contribution in [0.3, 0.4) is 0 Å². The van der Waals surface area contributed by atoms with Gasteiger partial charge in [-0.1, -0.05) is 30.3 Å². The number of anilines is 1. The molecular formula is C24H29NO3. The lowest BCUT2D eigenvalue weighted by Crippen LogP contribution is -2.16. The molecule has 4 heteroatoms. The molecule has 1 aliphatic rings. The Bertz CT molecular complexity index is 955. The summed E-state index contributed by atoms with van der Waals surface area (Å²) in [7, 11) is 0. The van der Waals surface area contributed by atoms with Gasteiger partial charge in [0.1, 0.15) is 18.5 Å². The van der Waals surface area contributed by atoms with E-state index in [0.29, 0.717) is 12.2 Å². The van der Waals surface area contributed by atoms with Crippen LogP contribution in [0.15, 0.2) is 30.4 Å². The molecule has 3 rings (SSSR count). The van der Waals surface area contributed by atoms with E-state index in [2.05, 4.69) is 50.9 Å². The van der Waals surface area contributed by atoms with Crippen molar-refractivity contribution >= 4 is 11.6 Å². The fraction of sp³-hybridized carbons (Fsp3) is 0.375. The van der Waals surface area contributed by atoms with Crippen LogP contribution in [0.4, 0.5) is 5.69 Å². The average molecular weight is 380 g/mol. The van der Waals surface area contributed by atoms with E-state index in [0.717, 1.165) is 51.4 Å². The number of amides is 1. The fourth-order valence-electron chi connectivity index (χ4n) is 3.40. The molecule has 2 aromatic rings. The van der Waals surface area contributed by atoms with Gasteiger partial charge >= 0.3 is 0 Å². The van der Waals surface area contributed by atoms with Gasteiger partial charge in [0.15, 0.2) is 0 Å². The molecule has 28 heavy (non-hydrogen) atoms. The summed E-state index contributed by atoms with van der Waals surface area (Å²) in [4.78, 5) is 12.5. The smallest absolute Gasteiger partial charge is 0.250 e. The second kappa shape index (κ2) is 7.80.